The van der Waals surface area contributed by atoms with E-state index in [2.05, 4.69) is 5.32 Å². The second-order valence-corrected chi connectivity index (χ2v) is 5.12. The normalized spacial score (nSPS) is 12.1. The summed E-state index contributed by atoms with van der Waals surface area (Å²) in [5.41, 5.74) is 1.45. The lowest BCUT2D eigenvalue weighted by molar-refractivity contribution is -0.385. The molecule has 1 N–H and O–H groups in total. The van der Waals surface area contributed by atoms with Gasteiger partial charge in [-0.15, -0.1) is 0 Å². The van der Waals surface area contributed by atoms with Crippen molar-refractivity contribution in [1.29, 1.82) is 0 Å². The molecule has 0 aliphatic carbocycles. The van der Waals surface area contributed by atoms with E-state index in [0.29, 0.717) is 17.1 Å². The Morgan fingerprint density at radius 3 is 2.57 bits per heavy atom. The van der Waals surface area contributed by atoms with Crippen LogP contribution in [0.15, 0.2) is 42.5 Å². The monoisotopic (exact) mass is 308 g/mol. The molecule has 0 aliphatic rings. The van der Waals surface area contributed by atoms with Crippen LogP contribution in [-0.4, -0.2) is 4.92 Å². The summed E-state index contributed by atoms with van der Waals surface area (Å²) in [6.07, 6.45) is 0. The third-order valence-corrected chi connectivity index (χ3v) is 3.45. The topological polar surface area (TPSA) is 55.2 Å². The van der Waals surface area contributed by atoms with Gasteiger partial charge in [0, 0.05) is 29.2 Å². The minimum Gasteiger partial charge on any atom is -0.306 e. The van der Waals surface area contributed by atoms with Gasteiger partial charge in [-0.3, -0.25) is 10.1 Å². The van der Waals surface area contributed by atoms with Crippen molar-refractivity contribution in [2.75, 3.05) is 0 Å². The molecular weight excluding hydrogens is 295 g/mol. The first-order chi connectivity index (χ1) is 9.97. The predicted molar refractivity (Wildman–Crippen MR) is 79.8 cm³/mol. The second-order valence-electron chi connectivity index (χ2n) is 4.68. The summed E-state index contributed by atoms with van der Waals surface area (Å²) < 4.78 is 12.9. The fourth-order valence-electron chi connectivity index (χ4n) is 1.99. The molecule has 0 heterocycles. The van der Waals surface area contributed by atoms with E-state index in [4.69, 9.17) is 11.6 Å². The fraction of sp³-hybridized carbons (Fsp3) is 0.200. The van der Waals surface area contributed by atoms with E-state index in [-0.39, 0.29) is 17.5 Å². The summed E-state index contributed by atoms with van der Waals surface area (Å²) in [5, 5.41) is 14.5. The van der Waals surface area contributed by atoms with Gasteiger partial charge in [0.05, 0.1) is 4.92 Å². The number of nitrogens with zero attached hydrogens (tertiary/aromatic N) is 1. The first-order valence-electron chi connectivity index (χ1n) is 6.39. The van der Waals surface area contributed by atoms with Gasteiger partial charge in [-0.25, -0.2) is 4.39 Å². The van der Waals surface area contributed by atoms with Crippen molar-refractivity contribution >= 4 is 17.3 Å². The zero-order valence-electron chi connectivity index (χ0n) is 11.3. The summed E-state index contributed by atoms with van der Waals surface area (Å²) >= 11 is 5.77. The van der Waals surface area contributed by atoms with Gasteiger partial charge in [-0.2, -0.15) is 0 Å². The van der Waals surface area contributed by atoms with Crippen molar-refractivity contribution in [2.45, 2.75) is 19.5 Å². The van der Waals surface area contributed by atoms with Crippen LogP contribution in [0, 0.1) is 15.9 Å². The number of nitro groups is 1. The summed E-state index contributed by atoms with van der Waals surface area (Å²) in [7, 11) is 0. The van der Waals surface area contributed by atoms with Crippen LogP contribution >= 0.6 is 11.6 Å². The van der Waals surface area contributed by atoms with E-state index in [1.54, 1.807) is 24.3 Å². The predicted octanol–water partition coefficient (Wildman–Crippen LogP) is 4.24. The molecular formula is C15H14ClFN2O2. The van der Waals surface area contributed by atoms with E-state index in [0.717, 1.165) is 5.56 Å². The van der Waals surface area contributed by atoms with Crippen molar-refractivity contribution in [3.05, 3.63) is 74.5 Å². The molecule has 0 saturated carbocycles. The van der Waals surface area contributed by atoms with E-state index in [1.807, 2.05) is 6.92 Å². The van der Waals surface area contributed by atoms with Gasteiger partial charge < -0.3 is 5.32 Å². The highest BCUT2D eigenvalue weighted by Gasteiger charge is 2.15. The molecule has 2 rings (SSSR count). The highest BCUT2D eigenvalue weighted by molar-refractivity contribution is 6.30. The molecule has 6 heteroatoms. The number of benzene rings is 2. The number of hydrogen-bond acceptors (Lipinski definition) is 3. The van der Waals surface area contributed by atoms with Crippen LogP contribution in [0.5, 0.6) is 0 Å². The number of halogens is 2. The Hall–Kier alpha value is -1.98. The van der Waals surface area contributed by atoms with E-state index in [1.165, 1.54) is 18.2 Å². The third kappa shape index (κ3) is 4.00. The van der Waals surface area contributed by atoms with Crippen molar-refractivity contribution in [1.82, 2.24) is 5.32 Å². The molecule has 4 nitrogen and oxygen atoms in total. The van der Waals surface area contributed by atoms with Crippen LogP contribution in [-0.2, 0) is 6.54 Å². The van der Waals surface area contributed by atoms with Crippen LogP contribution in [0.4, 0.5) is 10.1 Å². The zero-order chi connectivity index (χ0) is 15.4. The average Bonchev–Trinajstić information content (AvgIpc) is 2.46. The number of rotatable bonds is 5. The standard InChI is InChI=1S/C15H14ClFN2O2/c1-10(11-3-6-14(17)7-4-11)18-9-12-2-5-13(16)8-15(12)19(20)21/h2-8,10,18H,9H2,1H3. The molecule has 0 aromatic heterocycles. The molecule has 110 valence electrons. The van der Waals surface area contributed by atoms with Crippen molar-refractivity contribution < 1.29 is 9.31 Å². The maximum atomic E-state index is 12.9. The van der Waals surface area contributed by atoms with Crippen molar-refractivity contribution in [2.24, 2.45) is 0 Å². The molecule has 0 aliphatic heterocycles. The minimum absolute atomic E-state index is 0.0127. The number of nitro benzene ring substituents is 1. The van der Waals surface area contributed by atoms with E-state index >= 15 is 0 Å². The van der Waals surface area contributed by atoms with Crippen LogP contribution < -0.4 is 5.32 Å². The minimum atomic E-state index is -0.453. The Bertz CT molecular complexity index is 647. The van der Waals surface area contributed by atoms with E-state index in [9.17, 15) is 14.5 Å². The number of nitrogens with one attached hydrogen (secondary N) is 1. The van der Waals surface area contributed by atoms with Crippen LogP contribution in [0.1, 0.15) is 24.1 Å². The molecule has 0 radical (unpaired) electrons. The maximum absolute atomic E-state index is 12.9. The Morgan fingerprint density at radius 2 is 1.95 bits per heavy atom. The molecule has 0 spiro atoms. The molecule has 0 amide bonds. The van der Waals surface area contributed by atoms with Crippen molar-refractivity contribution in [3.8, 4) is 0 Å². The molecule has 21 heavy (non-hydrogen) atoms. The largest absolute Gasteiger partial charge is 0.306 e. The van der Waals surface area contributed by atoms with Gasteiger partial charge in [-0.05, 0) is 36.8 Å². The maximum Gasteiger partial charge on any atom is 0.275 e. The molecule has 2 aromatic carbocycles. The summed E-state index contributed by atoms with van der Waals surface area (Å²) in [6, 6.07) is 10.7. The Labute approximate surface area is 126 Å². The lowest BCUT2D eigenvalue weighted by atomic mass is 10.1. The van der Waals surface area contributed by atoms with Gasteiger partial charge in [0.25, 0.3) is 5.69 Å². The Kier molecular flexibility index (Phi) is 4.88. The molecule has 2 aromatic rings. The average molecular weight is 309 g/mol. The Balaban J connectivity index is 2.09. The summed E-state index contributed by atoms with van der Waals surface area (Å²) in [5.74, 6) is -0.292. The second kappa shape index (κ2) is 6.65. The van der Waals surface area contributed by atoms with Crippen LogP contribution in [0.3, 0.4) is 0 Å². The van der Waals surface area contributed by atoms with Gasteiger partial charge in [0.2, 0.25) is 0 Å². The van der Waals surface area contributed by atoms with Gasteiger partial charge in [-0.1, -0.05) is 23.7 Å². The van der Waals surface area contributed by atoms with Gasteiger partial charge in [0.1, 0.15) is 5.82 Å². The first-order valence-corrected chi connectivity index (χ1v) is 6.77. The molecule has 1 unspecified atom stereocenters. The molecule has 0 fully saturated rings. The molecule has 1 atom stereocenters. The highest BCUT2D eigenvalue weighted by atomic mass is 35.5. The van der Waals surface area contributed by atoms with Crippen LogP contribution in [0.25, 0.3) is 0 Å². The summed E-state index contributed by atoms with van der Waals surface area (Å²) in [4.78, 5) is 10.6. The van der Waals surface area contributed by atoms with Crippen molar-refractivity contribution in [3.63, 3.8) is 0 Å². The third-order valence-electron chi connectivity index (χ3n) is 3.21. The first kappa shape index (κ1) is 15.4. The lowest BCUT2D eigenvalue weighted by Gasteiger charge is -2.14. The van der Waals surface area contributed by atoms with Gasteiger partial charge >= 0.3 is 0 Å². The van der Waals surface area contributed by atoms with E-state index < -0.39 is 4.92 Å². The zero-order valence-corrected chi connectivity index (χ0v) is 12.1. The fourth-order valence-corrected chi connectivity index (χ4v) is 2.16. The molecule has 0 bridgehead atoms. The SMILES string of the molecule is CC(NCc1ccc(Cl)cc1[N+](=O)[O-])c1ccc(F)cc1. The number of hydrogen-bond donors (Lipinski definition) is 1. The Morgan fingerprint density at radius 1 is 1.29 bits per heavy atom. The quantitative estimate of drug-likeness (QED) is 0.664. The summed E-state index contributed by atoms with van der Waals surface area (Å²) in [6.45, 7) is 2.24. The highest BCUT2D eigenvalue weighted by Crippen LogP contribution is 2.24. The van der Waals surface area contributed by atoms with Crippen LogP contribution in [0.2, 0.25) is 5.02 Å². The smallest absolute Gasteiger partial charge is 0.275 e. The van der Waals surface area contributed by atoms with Gasteiger partial charge in [0.15, 0.2) is 0 Å². The lowest BCUT2D eigenvalue weighted by Crippen LogP contribution is -2.18. The molecule has 0 saturated heterocycles.